The van der Waals surface area contributed by atoms with Gasteiger partial charge in [-0.15, -0.1) is 0 Å². The Morgan fingerprint density at radius 1 is 0.924 bits per heavy atom. The molecule has 8 rings (SSSR count). The Morgan fingerprint density at radius 2 is 1.65 bits per heavy atom. The first-order valence-electron chi connectivity index (χ1n) is 22.8. The topological polar surface area (TPSA) is 198 Å². The Bertz CT molecular complexity index is 2620. The summed E-state index contributed by atoms with van der Waals surface area (Å²) in [6, 6.07) is 24.3. The van der Waals surface area contributed by atoms with Crippen molar-refractivity contribution in [3.8, 4) is 17.2 Å². The summed E-state index contributed by atoms with van der Waals surface area (Å²) in [5.41, 5.74) is 6.04. The number of amidine groups is 2. The van der Waals surface area contributed by atoms with E-state index in [-0.39, 0.29) is 40.8 Å². The van der Waals surface area contributed by atoms with Gasteiger partial charge in [-0.05, 0) is 86.2 Å². The van der Waals surface area contributed by atoms with E-state index in [1.165, 1.54) is 17.0 Å². The van der Waals surface area contributed by atoms with E-state index in [0.29, 0.717) is 59.7 Å². The van der Waals surface area contributed by atoms with E-state index < -0.39 is 11.7 Å². The maximum Gasteiger partial charge on any atom is 0.287 e. The molecule has 3 heterocycles. The number of carbonyl (C=O) groups is 2. The molecular formula is C50H59N11O5. The molecule has 5 aromatic rings. The highest BCUT2D eigenvalue weighted by atomic mass is 16.5. The summed E-state index contributed by atoms with van der Waals surface area (Å²) in [5, 5.41) is 45.2. The summed E-state index contributed by atoms with van der Waals surface area (Å²) >= 11 is 0. The van der Waals surface area contributed by atoms with Gasteiger partial charge in [0.2, 0.25) is 5.95 Å². The van der Waals surface area contributed by atoms with Gasteiger partial charge >= 0.3 is 0 Å². The molecular weight excluding hydrogens is 835 g/mol. The SMILES string of the molecule is CCNC(=O)C(=N)N(C(=N)c1cc(C(C)C)c(O)cc1O)c1ccc(CN2CCN(c3ccc(Nc4ncc5c(n4)N(C4CCCC4)c4ccccc4C(=O)N5C)c(OCC)c3)CC2)cc1. The Labute approximate surface area is 385 Å². The van der Waals surface area contributed by atoms with Crippen molar-refractivity contribution in [2.45, 2.75) is 71.9 Å². The van der Waals surface area contributed by atoms with Crippen molar-refractivity contribution < 1.29 is 24.5 Å². The molecule has 6 N–H and O–H groups in total. The molecule has 0 unspecified atom stereocenters. The van der Waals surface area contributed by atoms with Crippen molar-refractivity contribution in [3.63, 3.8) is 0 Å². The molecule has 16 heteroatoms. The molecule has 1 aliphatic carbocycles. The van der Waals surface area contributed by atoms with Crippen LogP contribution in [-0.4, -0.2) is 101 Å². The minimum atomic E-state index is -0.657. The zero-order valence-electron chi connectivity index (χ0n) is 38.3. The summed E-state index contributed by atoms with van der Waals surface area (Å²) in [4.78, 5) is 46.2. The third-order valence-electron chi connectivity index (χ3n) is 12.6. The van der Waals surface area contributed by atoms with Gasteiger partial charge in [-0.2, -0.15) is 4.98 Å². The molecule has 2 fully saturated rings. The number of aromatic hydroxyl groups is 2. The van der Waals surface area contributed by atoms with Crippen LogP contribution in [0.25, 0.3) is 0 Å². The van der Waals surface area contributed by atoms with Crippen molar-refractivity contribution >= 4 is 63.7 Å². The number of rotatable bonds is 12. The normalized spacial score (nSPS) is 15.3. The largest absolute Gasteiger partial charge is 0.508 e. The number of nitrogens with one attached hydrogen (secondary N) is 4. The lowest BCUT2D eigenvalue weighted by molar-refractivity contribution is -0.114. The van der Waals surface area contributed by atoms with E-state index in [1.807, 2.05) is 63.2 Å². The standard InChI is InChI=1S/C50H59N11O5/c1-6-53-48(64)46(52)61(45(51)38-27-37(31(3)4)42(62)28-43(38)63)34-18-16-32(17-19-34)30-58-22-24-59(25-23-58)35-20-21-39(44(26-35)66-7-2)55-50-54-29-41-47(56-50)60(33-12-8-9-13-33)40-15-11-10-14-36(40)49(65)57(41)5/h10-11,14-21,26-29,31,33,51-52,62-63H,6-9,12-13,22-25,30H2,1-5H3,(H,53,64)(H,54,55,56). The predicted octanol–water partition coefficient (Wildman–Crippen LogP) is 8.09. The minimum absolute atomic E-state index is 0.0871. The number of ether oxygens (including phenoxy) is 1. The fourth-order valence-corrected chi connectivity index (χ4v) is 9.10. The maximum atomic E-state index is 13.7. The van der Waals surface area contributed by atoms with Gasteiger partial charge in [0.25, 0.3) is 11.8 Å². The Balaban J connectivity index is 0.953. The Morgan fingerprint density at radius 3 is 2.35 bits per heavy atom. The van der Waals surface area contributed by atoms with E-state index in [1.54, 1.807) is 37.2 Å². The number of fused-ring (bicyclic) bond motifs is 2. The monoisotopic (exact) mass is 893 g/mol. The van der Waals surface area contributed by atoms with Crippen molar-refractivity contribution in [2.75, 3.05) is 71.3 Å². The van der Waals surface area contributed by atoms with E-state index in [4.69, 9.17) is 25.5 Å². The smallest absolute Gasteiger partial charge is 0.287 e. The van der Waals surface area contributed by atoms with E-state index in [2.05, 4.69) is 37.5 Å². The van der Waals surface area contributed by atoms with Crippen LogP contribution in [0.1, 0.15) is 86.3 Å². The van der Waals surface area contributed by atoms with Crippen LogP contribution >= 0.6 is 0 Å². The second-order valence-corrected chi connectivity index (χ2v) is 17.2. The van der Waals surface area contributed by atoms with Crippen LogP contribution in [-0.2, 0) is 11.3 Å². The first-order chi connectivity index (χ1) is 31.9. The molecule has 3 aliphatic rings. The lowest BCUT2D eigenvalue weighted by Crippen LogP contribution is -2.46. The van der Waals surface area contributed by atoms with Gasteiger partial charge in [-0.1, -0.05) is 51.0 Å². The first-order valence-corrected chi connectivity index (χ1v) is 22.8. The number of phenolic OH excluding ortho intramolecular Hbond substituents is 2. The van der Waals surface area contributed by atoms with Gasteiger partial charge in [0.15, 0.2) is 11.7 Å². The minimum Gasteiger partial charge on any atom is -0.508 e. The molecule has 0 radical (unpaired) electrons. The second kappa shape index (κ2) is 19.5. The lowest BCUT2D eigenvalue weighted by atomic mass is 9.98. The van der Waals surface area contributed by atoms with E-state index in [9.17, 15) is 19.8 Å². The number of piperazine rings is 1. The zero-order chi connectivity index (χ0) is 46.6. The number of aromatic nitrogens is 2. The number of benzene rings is 4. The molecule has 66 heavy (non-hydrogen) atoms. The molecule has 2 amide bonds. The molecule has 2 aliphatic heterocycles. The molecule has 4 aromatic carbocycles. The molecule has 1 saturated heterocycles. The number of anilines is 7. The average Bonchev–Trinajstić information content (AvgIpc) is 3.82. The molecule has 344 valence electrons. The summed E-state index contributed by atoms with van der Waals surface area (Å²) in [5.74, 6) is -0.181. The van der Waals surface area contributed by atoms with Crippen molar-refractivity contribution in [1.29, 1.82) is 10.8 Å². The van der Waals surface area contributed by atoms with Crippen LogP contribution in [0.3, 0.4) is 0 Å². The van der Waals surface area contributed by atoms with Crippen LogP contribution in [0.5, 0.6) is 17.2 Å². The fourth-order valence-electron chi connectivity index (χ4n) is 9.10. The highest BCUT2D eigenvalue weighted by Gasteiger charge is 2.36. The predicted molar refractivity (Wildman–Crippen MR) is 260 cm³/mol. The van der Waals surface area contributed by atoms with Crippen LogP contribution in [0.2, 0.25) is 0 Å². The quantitative estimate of drug-likeness (QED) is 0.0521. The highest BCUT2D eigenvalue weighted by Crippen LogP contribution is 2.44. The molecule has 1 aromatic heterocycles. The number of carbonyl (C=O) groups excluding carboxylic acids is 2. The maximum absolute atomic E-state index is 13.7. The van der Waals surface area contributed by atoms with Crippen LogP contribution in [0.4, 0.5) is 40.2 Å². The number of amides is 2. The number of para-hydroxylation sites is 1. The number of hydrogen-bond acceptors (Lipinski definition) is 13. The van der Waals surface area contributed by atoms with Gasteiger partial charge in [0.1, 0.15) is 28.8 Å². The zero-order valence-corrected chi connectivity index (χ0v) is 38.3. The first kappa shape index (κ1) is 45.4. The summed E-state index contributed by atoms with van der Waals surface area (Å²) in [6.07, 6.45) is 6.03. The number of hydrogen-bond donors (Lipinski definition) is 6. The van der Waals surface area contributed by atoms with Gasteiger partial charge in [-0.3, -0.25) is 30.2 Å². The third-order valence-corrected chi connectivity index (χ3v) is 12.6. The van der Waals surface area contributed by atoms with Crippen LogP contribution < -0.4 is 35.0 Å². The second-order valence-electron chi connectivity index (χ2n) is 17.2. The molecule has 1 saturated carbocycles. The van der Waals surface area contributed by atoms with Crippen molar-refractivity contribution in [3.05, 3.63) is 107 Å². The van der Waals surface area contributed by atoms with Gasteiger partial charge in [0.05, 0.1) is 35.3 Å². The van der Waals surface area contributed by atoms with Crippen molar-refractivity contribution in [1.82, 2.24) is 20.2 Å². The summed E-state index contributed by atoms with van der Waals surface area (Å²) in [7, 11) is 1.78. The number of nitrogens with zero attached hydrogens (tertiary/aromatic N) is 7. The van der Waals surface area contributed by atoms with Gasteiger partial charge in [-0.25, -0.2) is 4.98 Å². The van der Waals surface area contributed by atoms with E-state index in [0.717, 1.165) is 74.5 Å². The van der Waals surface area contributed by atoms with Crippen LogP contribution in [0.15, 0.2) is 85.1 Å². The number of likely N-dealkylation sites (N-methyl/N-ethyl adjacent to an activating group) is 1. The highest BCUT2D eigenvalue weighted by molar-refractivity contribution is 6.48. The molecule has 0 atom stereocenters. The lowest BCUT2D eigenvalue weighted by Gasteiger charge is -2.36. The molecule has 0 bridgehead atoms. The van der Waals surface area contributed by atoms with Gasteiger partial charge in [0, 0.05) is 75.9 Å². The van der Waals surface area contributed by atoms with Gasteiger partial charge < -0.3 is 40.3 Å². The Hall–Kier alpha value is -7.20. The van der Waals surface area contributed by atoms with Crippen molar-refractivity contribution in [2.24, 2.45) is 0 Å². The summed E-state index contributed by atoms with van der Waals surface area (Å²) < 4.78 is 6.19. The number of phenols is 2. The molecule has 0 spiro atoms. The third kappa shape index (κ3) is 9.18. The fraction of sp³-hybridized carbons (Fsp3) is 0.360. The van der Waals surface area contributed by atoms with E-state index >= 15 is 0 Å². The summed E-state index contributed by atoms with van der Waals surface area (Å²) in [6.45, 7) is 12.1. The average molecular weight is 894 g/mol. The Kier molecular flexibility index (Phi) is 13.4. The van der Waals surface area contributed by atoms with Crippen LogP contribution in [0, 0.1) is 10.8 Å². The molecule has 16 nitrogen and oxygen atoms in total.